The minimum absolute atomic E-state index is 0.129. The molecule has 1 aromatic rings. The summed E-state index contributed by atoms with van der Waals surface area (Å²) in [4.78, 5) is 23.0. The number of hydrogen-bond donors (Lipinski definition) is 2. The van der Waals surface area contributed by atoms with E-state index in [4.69, 9.17) is 9.84 Å². The Bertz CT molecular complexity index is 553. The van der Waals surface area contributed by atoms with Crippen molar-refractivity contribution >= 4 is 11.9 Å². The molecular formula is C14H21N3O4. The molecule has 0 spiro atoms. The number of aromatic nitrogens is 2. The number of carboxylic acids is 1. The molecule has 7 heteroatoms. The molecule has 0 saturated heterocycles. The van der Waals surface area contributed by atoms with Crippen LogP contribution in [0.4, 0.5) is 0 Å². The van der Waals surface area contributed by atoms with Crippen LogP contribution in [0.2, 0.25) is 0 Å². The van der Waals surface area contributed by atoms with E-state index >= 15 is 0 Å². The molecule has 0 unspecified atom stereocenters. The Morgan fingerprint density at radius 1 is 1.43 bits per heavy atom. The van der Waals surface area contributed by atoms with Gasteiger partial charge in [-0.1, -0.05) is 6.42 Å². The summed E-state index contributed by atoms with van der Waals surface area (Å²) in [5.74, 6) is -1.03. The minimum atomic E-state index is -0.849. The summed E-state index contributed by atoms with van der Waals surface area (Å²) in [7, 11) is 1.81. The summed E-state index contributed by atoms with van der Waals surface area (Å²) >= 11 is 0. The van der Waals surface area contributed by atoms with Crippen LogP contribution in [-0.2, 0) is 16.6 Å². The molecule has 1 aromatic heterocycles. The van der Waals surface area contributed by atoms with Crippen molar-refractivity contribution in [3.05, 3.63) is 11.4 Å². The summed E-state index contributed by atoms with van der Waals surface area (Å²) in [6.07, 6.45) is 2.14. The van der Waals surface area contributed by atoms with Gasteiger partial charge in [0.2, 0.25) is 0 Å². The van der Waals surface area contributed by atoms with Crippen molar-refractivity contribution in [1.82, 2.24) is 15.1 Å². The highest BCUT2D eigenvalue weighted by Crippen LogP contribution is 2.26. The van der Waals surface area contributed by atoms with E-state index in [2.05, 4.69) is 10.4 Å². The lowest BCUT2D eigenvalue weighted by Gasteiger charge is -2.17. The van der Waals surface area contributed by atoms with Crippen LogP contribution in [0.5, 0.6) is 5.75 Å². The van der Waals surface area contributed by atoms with E-state index in [1.807, 2.05) is 20.9 Å². The topological polar surface area (TPSA) is 93.5 Å². The lowest BCUT2D eigenvalue weighted by Crippen LogP contribution is -2.42. The molecule has 116 valence electrons. The maximum atomic E-state index is 11.9. The normalized spacial score (nSPS) is 21.3. The van der Waals surface area contributed by atoms with Gasteiger partial charge in [-0.15, -0.1) is 0 Å². The molecule has 0 aromatic carbocycles. The third kappa shape index (κ3) is 3.34. The van der Waals surface area contributed by atoms with Crippen LogP contribution in [-0.4, -0.2) is 39.4 Å². The van der Waals surface area contributed by atoms with E-state index in [-0.39, 0.29) is 18.6 Å². The molecule has 0 radical (unpaired) electrons. The second-order valence-electron chi connectivity index (χ2n) is 5.46. The molecular weight excluding hydrogens is 274 g/mol. The van der Waals surface area contributed by atoms with Crippen LogP contribution >= 0.6 is 0 Å². The largest absolute Gasteiger partial charge is 0.481 e. The van der Waals surface area contributed by atoms with Crippen LogP contribution in [0, 0.1) is 19.8 Å². The Morgan fingerprint density at radius 3 is 2.71 bits per heavy atom. The first-order chi connectivity index (χ1) is 9.90. The number of nitrogens with one attached hydrogen (secondary N) is 1. The Morgan fingerprint density at radius 2 is 2.14 bits per heavy atom. The number of rotatable bonds is 5. The monoisotopic (exact) mass is 295 g/mol. The summed E-state index contributed by atoms with van der Waals surface area (Å²) in [6, 6.07) is -0.297. The molecule has 2 atom stereocenters. The lowest BCUT2D eigenvalue weighted by molar-refractivity contribution is -0.142. The van der Waals surface area contributed by atoms with E-state index in [1.54, 1.807) is 4.68 Å². The van der Waals surface area contributed by atoms with Crippen molar-refractivity contribution in [2.24, 2.45) is 13.0 Å². The summed E-state index contributed by atoms with van der Waals surface area (Å²) in [5, 5.41) is 16.1. The highest BCUT2D eigenvalue weighted by atomic mass is 16.5. The van der Waals surface area contributed by atoms with E-state index in [9.17, 15) is 9.59 Å². The average molecular weight is 295 g/mol. The first-order valence-corrected chi connectivity index (χ1v) is 7.05. The molecule has 7 nitrogen and oxygen atoms in total. The number of nitrogens with zero attached hydrogens (tertiary/aromatic N) is 2. The van der Waals surface area contributed by atoms with Crippen molar-refractivity contribution in [3.63, 3.8) is 0 Å². The fourth-order valence-electron chi connectivity index (χ4n) is 2.78. The van der Waals surface area contributed by atoms with Gasteiger partial charge in [-0.2, -0.15) is 5.10 Å². The highest BCUT2D eigenvalue weighted by molar-refractivity contribution is 5.79. The molecule has 1 aliphatic carbocycles. The van der Waals surface area contributed by atoms with Gasteiger partial charge in [0.25, 0.3) is 5.91 Å². The Labute approximate surface area is 123 Å². The zero-order valence-electron chi connectivity index (χ0n) is 12.5. The minimum Gasteiger partial charge on any atom is -0.481 e. The summed E-state index contributed by atoms with van der Waals surface area (Å²) < 4.78 is 7.21. The average Bonchev–Trinajstić information content (AvgIpc) is 2.94. The molecule has 0 bridgehead atoms. The number of hydrogen-bond acceptors (Lipinski definition) is 4. The van der Waals surface area contributed by atoms with Gasteiger partial charge in [-0.3, -0.25) is 14.3 Å². The quantitative estimate of drug-likeness (QED) is 0.837. The zero-order chi connectivity index (χ0) is 15.6. The van der Waals surface area contributed by atoms with E-state index in [1.165, 1.54) is 0 Å². The standard InChI is InChI=1S/C14H21N3O4/c1-8-13(9(2)17(3)16-8)21-7-12(18)15-11-6-4-5-10(11)14(19)20/h10-11H,4-7H2,1-3H3,(H,15,18)(H,19,20)/t10-,11+/m0/s1. The molecule has 1 saturated carbocycles. The number of aliphatic carboxylic acids is 1. The highest BCUT2D eigenvalue weighted by Gasteiger charge is 2.33. The van der Waals surface area contributed by atoms with Crippen molar-refractivity contribution in [2.45, 2.75) is 39.2 Å². The van der Waals surface area contributed by atoms with E-state index in [0.717, 1.165) is 17.8 Å². The SMILES string of the molecule is Cc1nn(C)c(C)c1OCC(=O)N[C@@H]1CCC[C@@H]1C(=O)O. The van der Waals surface area contributed by atoms with Crippen LogP contribution in [0.1, 0.15) is 30.7 Å². The van der Waals surface area contributed by atoms with Gasteiger partial charge < -0.3 is 15.2 Å². The molecule has 21 heavy (non-hydrogen) atoms. The van der Waals surface area contributed by atoms with Crippen molar-refractivity contribution in [3.8, 4) is 5.75 Å². The Kier molecular flexibility index (Phi) is 4.50. The second-order valence-corrected chi connectivity index (χ2v) is 5.46. The molecule has 2 rings (SSSR count). The van der Waals surface area contributed by atoms with E-state index < -0.39 is 11.9 Å². The smallest absolute Gasteiger partial charge is 0.308 e. The van der Waals surface area contributed by atoms with Crippen LogP contribution < -0.4 is 10.1 Å². The molecule has 0 aliphatic heterocycles. The summed E-state index contributed by atoms with van der Waals surface area (Å²) in [5.41, 5.74) is 1.58. The van der Waals surface area contributed by atoms with Gasteiger partial charge >= 0.3 is 5.97 Å². The number of ether oxygens (including phenoxy) is 1. The predicted octanol–water partition coefficient (Wildman–Crippen LogP) is 0.785. The fraction of sp³-hybridized carbons (Fsp3) is 0.643. The van der Waals surface area contributed by atoms with Crippen LogP contribution in [0.25, 0.3) is 0 Å². The number of aryl methyl sites for hydroxylation is 2. The molecule has 1 heterocycles. The first kappa shape index (κ1) is 15.3. The van der Waals surface area contributed by atoms with Gasteiger partial charge in [0.05, 0.1) is 11.6 Å². The maximum Gasteiger partial charge on any atom is 0.308 e. The van der Waals surface area contributed by atoms with Crippen molar-refractivity contribution in [2.75, 3.05) is 6.61 Å². The van der Waals surface area contributed by atoms with Gasteiger partial charge in [-0.25, -0.2) is 0 Å². The zero-order valence-corrected chi connectivity index (χ0v) is 12.5. The second kappa shape index (κ2) is 6.15. The van der Waals surface area contributed by atoms with Crippen molar-refractivity contribution < 1.29 is 19.4 Å². The van der Waals surface area contributed by atoms with Crippen molar-refractivity contribution in [1.29, 1.82) is 0 Å². The number of carbonyl (C=O) groups is 2. The number of carbonyl (C=O) groups excluding carboxylic acids is 1. The maximum absolute atomic E-state index is 11.9. The third-order valence-corrected chi connectivity index (χ3v) is 3.97. The molecule has 1 aliphatic rings. The number of amides is 1. The van der Waals surface area contributed by atoms with Gasteiger partial charge in [-0.05, 0) is 26.7 Å². The fourth-order valence-corrected chi connectivity index (χ4v) is 2.78. The van der Waals surface area contributed by atoms with Gasteiger partial charge in [0.1, 0.15) is 5.69 Å². The lowest BCUT2D eigenvalue weighted by atomic mass is 10.0. The Balaban J connectivity index is 1.89. The van der Waals surface area contributed by atoms with Crippen LogP contribution in [0.15, 0.2) is 0 Å². The molecule has 2 N–H and O–H groups in total. The number of carboxylic acid groups (broad SMARTS) is 1. The Hall–Kier alpha value is -2.05. The van der Waals surface area contributed by atoms with Gasteiger partial charge in [0.15, 0.2) is 12.4 Å². The van der Waals surface area contributed by atoms with E-state index in [0.29, 0.717) is 18.6 Å². The molecule has 1 amide bonds. The van der Waals surface area contributed by atoms with Gasteiger partial charge in [0, 0.05) is 13.1 Å². The predicted molar refractivity (Wildman–Crippen MR) is 75.1 cm³/mol. The van der Waals surface area contributed by atoms with Crippen LogP contribution in [0.3, 0.4) is 0 Å². The summed E-state index contributed by atoms with van der Waals surface area (Å²) in [6.45, 7) is 3.55. The first-order valence-electron chi connectivity index (χ1n) is 7.05. The third-order valence-electron chi connectivity index (χ3n) is 3.97. The molecule has 1 fully saturated rings.